The molecule has 4 aromatic carbocycles. The molecule has 51 heavy (non-hydrogen) atoms. The molecule has 4 saturated carbocycles. The molecule has 0 heterocycles. The first kappa shape index (κ1) is 43.5. The molecule has 0 atom stereocenters. The van der Waals surface area contributed by atoms with Crippen molar-refractivity contribution in [2.24, 2.45) is 0 Å². The van der Waals surface area contributed by atoms with E-state index in [0.717, 1.165) is 22.6 Å². The second kappa shape index (κ2) is 20.7. The van der Waals surface area contributed by atoms with Crippen LogP contribution < -0.4 is 35.4 Å². The van der Waals surface area contributed by atoms with E-state index in [-0.39, 0.29) is 62.4 Å². The fourth-order valence-corrected chi connectivity index (χ4v) is 18.0. The Morgan fingerprint density at radius 1 is 0.412 bits per heavy atom. The van der Waals surface area contributed by atoms with Gasteiger partial charge in [0, 0.05) is 0 Å². The fraction of sp³-hybridized carbons (Fsp3) is 0.609. The zero-order chi connectivity index (χ0) is 33.0. The predicted octanol–water partition coefficient (Wildman–Crippen LogP) is 7.90. The van der Waals surface area contributed by atoms with Gasteiger partial charge in [0.15, 0.2) is 0 Å². The van der Waals surface area contributed by atoms with E-state index in [0.29, 0.717) is 0 Å². The molecule has 0 saturated heterocycles. The van der Waals surface area contributed by atoms with E-state index >= 15 is 0 Å². The largest absolute Gasteiger partial charge is 4.00 e. The third-order valence-electron chi connectivity index (χ3n) is 13.1. The van der Waals surface area contributed by atoms with Gasteiger partial charge in [-0.3, -0.25) is 0 Å². The van der Waals surface area contributed by atoms with E-state index in [1.807, 2.05) is 0 Å². The fourth-order valence-electron chi connectivity index (χ4n) is 10.3. The van der Waals surface area contributed by atoms with Crippen LogP contribution in [0.2, 0.25) is 0 Å². The van der Waals surface area contributed by atoms with E-state index < -0.39 is 0 Å². The summed E-state index contributed by atoms with van der Waals surface area (Å²) in [6.45, 7) is 9.15. The topological polar surface area (TPSA) is 0 Å². The smallest absolute Gasteiger partial charge is 1.00 e. The van der Waals surface area contributed by atoms with Crippen LogP contribution in [0.4, 0.5) is 0 Å². The minimum Gasteiger partial charge on any atom is -1.00 e. The molecule has 0 amide bonds. The van der Waals surface area contributed by atoms with Crippen LogP contribution >= 0.6 is 15.8 Å². The van der Waals surface area contributed by atoms with Crippen molar-refractivity contribution in [2.75, 3.05) is 0 Å². The summed E-state index contributed by atoms with van der Waals surface area (Å²) in [5, 5.41) is 9.62. The third kappa shape index (κ3) is 10.2. The van der Waals surface area contributed by atoms with Gasteiger partial charge in [-0.1, -0.05) is 130 Å². The van der Waals surface area contributed by atoms with Crippen LogP contribution in [0.5, 0.6) is 0 Å². The summed E-state index contributed by atoms with van der Waals surface area (Å²) >= 11 is 0. The van der Waals surface area contributed by atoms with Crippen LogP contribution in [0.25, 0.3) is 21.5 Å². The van der Waals surface area contributed by atoms with Crippen LogP contribution in [0.1, 0.15) is 151 Å². The normalized spacial score (nSPS) is 19.7. The van der Waals surface area contributed by atoms with Gasteiger partial charge in [0.2, 0.25) is 0 Å². The Labute approximate surface area is 341 Å². The molecule has 0 spiro atoms. The van der Waals surface area contributed by atoms with Crippen molar-refractivity contribution >= 4 is 48.0 Å². The van der Waals surface area contributed by atoms with Crippen LogP contribution in [-0.4, -0.2) is 22.6 Å². The monoisotopic (exact) mass is 796 g/mol. The minimum atomic E-state index is 0. The van der Waals surface area contributed by atoms with Crippen molar-refractivity contribution in [1.82, 2.24) is 0 Å². The van der Waals surface area contributed by atoms with Crippen LogP contribution in [0, 0.1) is 27.7 Å². The van der Waals surface area contributed by atoms with Gasteiger partial charge < -0.3 is 24.8 Å². The summed E-state index contributed by atoms with van der Waals surface area (Å²) in [4.78, 5) is 0. The number of rotatable bonds is 6. The summed E-state index contributed by atoms with van der Waals surface area (Å²) in [6.07, 6.45) is 29.8. The number of fused-ring (bicyclic) bond motifs is 2. The Morgan fingerprint density at radius 2 is 0.667 bits per heavy atom. The summed E-state index contributed by atoms with van der Waals surface area (Å²) < 4.78 is 0. The standard InChI is InChI=1S/2C23H32P.2ClH.Ti/c2*1-17-13-14-18(2)23-16-21(15-22(17)23)24(19-9-5-3-6-10-19)20-11-7-4-8-12-20;;;/h2*13-16,19-20H,3-12H2,1-2H3;2*1H;/q2*-1;;;+4/p-2. The Kier molecular flexibility index (Phi) is 17.6. The minimum absolute atomic E-state index is 0. The van der Waals surface area contributed by atoms with Crippen molar-refractivity contribution in [1.29, 1.82) is 0 Å². The van der Waals surface area contributed by atoms with Crippen LogP contribution in [0.15, 0.2) is 48.5 Å². The summed E-state index contributed by atoms with van der Waals surface area (Å²) in [5.74, 6) is 0. The maximum atomic E-state index is 2.60. The molecule has 0 aromatic heterocycles. The molecule has 0 bridgehead atoms. The van der Waals surface area contributed by atoms with Crippen LogP contribution in [-0.2, 0) is 21.7 Å². The maximum absolute atomic E-state index is 2.60. The molecular weight excluding hydrogens is 733 g/mol. The van der Waals surface area contributed by atoms with Crippen molar-refractivity contribution in [3.05, 3.63) is 70.8 Å². The molecule has 4 fully saturated rings. The van der Waals surface area contributed by atoms with Gasteiger partial charge >= 0.3 is 21.7 Å². The molecule has 8 rings (SSSR count). The molecule has 4 aromatic rings. The molecule has 5 heteroatoms. The van der Waals surface area contributed by atoms with E-state index in [1.165, 1.54) is 172 Å². The average molecular weight is 798 g/mol. The SMILES string of the molecule is Cc1ccc(C)c2[cH-]c(P(C3CCCCC3)C3CCCCC3)cc12.Cc1ccc(C)c2[cH-]c(P(C3CCCCC3)C3CCCCC3)cc12.[Cl-].[Cl-].[Ti+4]. The Balaban J connectivity index is 0.000000216. The molecular formula is C46H64Cl2P2Ti. The molecule has 0 N–H and O–H groups in total. The first-order valence-electron chi connectivity index (χ1n) is 20.4. The zero-order valence-corrected chi connectivity index (χ0v) is 37.1. The number of hydrogen-bond acceptors (Lipinski definition) is 0. The molecule has 4 aliphatic carbocycles. The average Bonchev–Trinajstić information content (AvgIpc) is 3.78. The molecule has 0 radical (unpaired) electrons. The summed E-state index contributed by atoms with van der Waals surface area (Å²) in [7, 11) is 0.0726. The molecule has 0 aliphatic heterocycles. The van der Waals surface area contributed by atoms with Crippen LogP contribution in [0.3, 0.4) is 0 Å². The molecule has 276 valence electrons. The van der Waals surface area contributed by atoms with Crippen molar-refractivity contribution < 1.29 is 46.5 Å². The first-order chi connectivity index (χ1) is 23.5. The quantitative estimate of drug-likeness (QED) is 0.106. The zero-order valence-electron chi connectivity index (χ0n) is 32.2. The first-order valence-corrected chi connectivity index (χ1v) is 23.3. The summed E-state index contributed by atoms with van der Waals surface area (Å²) in [5.41, 5.74) is 9.88. The van der Waals surface area contributed by atoms with E-state index in [4.69, 9.17) is 0 Å². The molecule has 0 nitrogen and oxygen atoms in total. The van der Waals surface area contributed by atoms with Gasteiger partial charge in [0.1, 0.15) is 0 Å². The number of hydrogen-bond donors (Lipinski definition) is 0. The van der Waals surface area contributed by atoms with Crippen molar-refractivity contribution in [3.63, 3.8) is 0 Å². The van der Waals surface area contributed by atoms with Crippen molar-refractivity contribution in [3.8, 4) is 0 Å². The van der Waals surface area contributed by atoms with E-state index in [1.54, 1.807) is 10.6 Å². The van der Waals surface area contributed by atoms with Gasteiger partial charge in [-0.05, 0) is 87.9 Å². The van der Waals surface area contributed by atoms with Gasteiger partial charge in [0.25, 0.3) is 0 Å². The molecule has 0 unspecified atom stereocenters. The number of aryl methyl sites for hydroxylation is 4. The van der Waals surface area contributed by atoms with Gasteiger partial charge in [-0.2, -0.15) is 12.1 Å². The predicted molar refractivity (Wildman–Crippen MR) is 219 cm³/mol. The third-order valence-corrected chi connectivity index (χ3v) is 20.0. The van der Waals surface area contributed by atoms with Gasteiger partial charge in [0.05, 0.1) is 0 Å². The second-order valence-electron chi connectivity index (χ2n) is 16.5. The van der Waals surface area contributed by atoms with E-state index in [2.05, 4.69) is 76.2 Å². The Morgan fingerprint density at radius 3 is 0.922 bits per heavy atom. The Hall–Kier alpha value is -0.186. The summed E-state index contributed by atoms with van der Waals surface area (Å²) in [6, 6.07) is 19.7. The maximum Gasteiger partial charge on any atom is 4.00 e. The van der Waals surface area contributed by atoms with Crippen molar-refractivity contribution in [2.45, 2.75) is 179 Å². The second-order valence-corrected chi connectivity index (χ2v) is 22.0. The number of halogens is 2. The van der Waals surface area contributed by atoms with Gasteiger partial charge in [-0.25, -0.2) is 0 Å². The van der Waals surface area contributed by atoms with Gasteiger partial charge in [-0.15, -0.1) is 67.5 Å². The Bertz CT molecular complexity index is 1390. The molecule has 4 aliphatic rings. The van der Waals surface area contributed by atoms with E-state index in [9.17, 15) is 0 Å². The number of benzene rings is 2.